The molecule has 3 nitrogen and oxygen atoms in total. The van der Waals surface area contributed by atoms with Crippen LogP contribution in [0.25, 0.3) is 0 Å². The van der Waals surface area contributed by atoms with Crippen molar-refractivity contribution in [2.24, 2.45) is 0 Å². The predicted octanol–water partition coefficient (Wildman–Crippen LogP) is 3.21. The van der Waals surface area contributed by atoms with Crippen molar-refractivity contribution < 1.29 is 14.3 Å². The van der Waals surface area contributed by atoms with Crippen LogP contribution in [0.5, 0.6) is 0 Å². The third kappa shape index (κ3) is 3.07. The molecule has 0 atom stereocenters. The van der Waals surface area contributed by atoms with Gasteiger partial charge in [-0.25, -0.2) is 14.2 Å². The van der Waals surface area contributed by atoms with Crippen molar-refractivity contribution >= 4 is 17.7 Å². The van der Waals surface area contributed by atoms with Gasteiger partial charge >= 0.3 is 5.97 Å². The fourth-order valence-corrected chi connectivity index (χ4v) is 2.38. The molecule has 0 spiro atoms. The molecule has 1 heterocycles. The lowest BCUT2D eigenvalue weighted by molar-refractivity contribution is 0.0692. The van der Waals surface area contributed by atoms with Gasteiger partial charge in [-0.3, -0.25) is 0 Å². The lowest BCUT2D eigenvalue weighted by Crippen LogP contribution is -2.00. The van der Waals surface area contributed by atoms with Crippen molar-refractivity contribution in [2.75, 3.05) is 0 Å². The lowest BCUT2D eigenvalue weighted by Gasteiger charge is -2.04. The monoisotopic (exact) mass is 263 g/mol. The fraction of sp³-hybridized carbons (Fsp3) is 0.0769. The van der Waals surface area contributed by atoms with Crippen molar-refractivity contribution in [3.8, 4) is 0 Å². The van der Waals surface area contributed by atoms with Crippen LogP contribution in [0, 0.1) is 5.82 Å². The summed E-state index contributed by atoms with van der Waals surface area (Å²) in [5, 5.41) is 9.43. The van der Waals surface area contributed by atoms with Gasteiger partial charge in [0.05, 0.1) is 5.56 Å². The topological polar surface area (TPSA) is 50.2 Å². The molecule has 2 aromatic rings. The third-order valence-corrected chi connectivity index (χ3v) is 3.34. The van der Waals surface area contributed by atoms with Crippen molar-refractivity contribution in [2.45, 2.75) is 10.8 Å². The Morgan fingerprint density at radius 1 is 1.33 bits per heavy atom. The van der Waals surface area contributed by atoms with Gasteiger partial charge in [-0.05, 0) is 29.8 Å². The van der Waals surface area contributed by atoms with Crippen molar-refractivity contribution in [1.29, 1.82) is 0 Å². The summed E-state index contributed by atoms with van der Waals surface area (Å²) in [5.74, 6) is -0.827. The maximum Gasteiger partial charge on any atom is 0.338 e. The van der Waals surface area contributed by atoms with E-state index in [2.05, 4.69) is 4.98 Å². The van der Waals surface area contributed by atoms with Crippen LogP contribution in [-0.2, 0) is 5.75 Å². The number of carboxylic acids is 1. The largest absolute Gasteiger partial charge is 0.478 e. The lowest BCUT2D eigenvalue weighted by atomic mass is 10.2. The van der Waals surface area contributed by atoms with Crippen LogP contribution < -0.4 is 0 Å². The first-order valence-electron chi connectivity index (χ1n) is 5.22. The molecule has 5 heteroatoms. The second-order valence-corrected chi connectivity index (χ2v) is 4.54. The van der Waals surface area contributed by atoms with Gasteiger partial charge in [-0.2, -0.15) is 0 Å². The molecule has 18 heavy (non-hydrogen) atoms. The molecule has 0 aliphatic rings. The summed E-state index contributed by atoms with van der Waals surface area (Å²) >= 11 is 1.28. The molecule has 0 saturated carbocycles. The average molecular weight is 263 g/mol. The number of thioether (sulfide) groups is 1. The van der Waals surface area contributed by atoms with Gasteiger partial charge in [0, 0.05) is 11.9 Å². The summed E-state index contributed by atoms with van der Waals surface area (Å²) in [5.41, 5.74) is 0.959. The van der Waals surface area contributed by atoms with E-state index in [9.17, 15) is 9.18 Å². The number of nitrogens with zero attached hydrogens (tertiary/aromatic N) is 1. The van der Waals surface area contributed by atoms with Crippen molar-refractivity contribution in [3.63, 3.8) is 0 Å². The molecule has 92 valence electrons. The highest BCUT2D eigenvalue weighted by atomic mass is 32.2. The zero-order valence-corrected chi connectivity index (χ0v) is 10.2. The maximum absolute atomic E-state index is 13.0. The van der Waals surface area contributed by atoms with E-state index in [0.29, 0.717) is 10.8 Å². The molecule has 0 fully saturated rings. The molecule has 0 aliphatic carbocycles. The first-order valence-corrected chi connectivity index (χ1v) is 6.21. The molecule has 0 saturated heterocycles. The maximum atomic E-state index is 13.0. The quantitative estimate of drug-likeness (QED) is 0.860. The van der Waals surface area contributed by atoms with Gasteiger partial charge in [0.25, 0.3) is 0 Å². The first-order chi connectivity index (χ1) is 8.66. The van der Waals surface area contributed by atoms with Crippen LogP contribution in [0.4, 0.5) is 4.39 Å². The highest BCUT2D eigenvalue weighted by Crippen LogP contribution is 2.24. The Labute approximate surface area is 108 Å². The van der Waals surface area contributed by atoms with Gasteiger partial charge in [0.2, 0.25) is 0 Å². The van der Waals surface area contributed by atoms with E-state index < -0.39 is 5.97 Å². The minimum atomic E-state index is -1.01. The van der Waals surface area contributed by atoms with Gasteiger partial charge in [-0.1, -0.05) is 12.1 Å². The van der Waals surface area contributed by atoms with E-state index in [-0.39, 0.29) is 11.4 Å². The number of pyridine rings is 1. The van der Waals surface area contributed by atoms with E-state index in [1.165, 1.54) is 30.0 Å². The minimum Gasteiger partial charge on any atom is -0.478 e. The summed E-state index contributed by atoms with van der Waals surface area (Å²) in [7, 11) is 0. The van der Waals surface area contributed by atoms with Gasteiger partial charge in [-0.15, -0.1) is 11.8 Å². The van der Waals surface area contributed by atoms with Crippen LogP contribution in [0.15, 0.2) is 47.6 Å². The van der Waals surface area contributed by atoms with Crippen LogP contribution in [0.1, 0.15) is 15.9 Å². The second-order valence-electron chi connectivity index (χ2n) is 3.58. The average Bonchev–Trinajstić information content (AvgIpc) is 2.37. The number of rotatable bonds is 4. The molecule has 2 rings (SSSR count). The number of carboxylic acid groups (broad SMARTS) is 1. The van der Waals surface area contributed by atoms with Crippen LogP contribution in [0.2, 0.25) is 0 Å². The van der Waals surface area contributed by atoms with Crippen molar-refractivity contribution in [1.82, 2.24) is 4.98 Å². The van der Waals surface area contributed by atoms with Crippen LogP contribution >= 0.6 is 11.8 Å². The number of hydrogen-bond acceptors (Lipinski definition) is 3. The minimum absolute atomic E-state index is 0.166. The van der Waals surface area contributed by atoms with Crippen LogP contribution in [-0.4, -0.2) is 16.1 Å². The molecule has 0 aliphatic heterocycles. The number of carbonyl (C=O) groups is 1. The van der Waals surface area contributed by atoms with E-state index >= 15 is 0 Å². The summed E-state index contributed by atoms with van der Waals surface area (Å²) in [6, 6.07) is 9.30. The molecular weight excluding hydrogens is 253 g/mol. The van der Waals surface area contributed by atoms with E-state index in [1.54, 1.807) is 24.4 Å². The standard InChI is InChI=1S/C13H10FNO2S/c14-10-4-1-3-9(7-10)8-18-12-11(13(16)17)5-2-6-15-12/h1-7H,8H2,(H,16,17). The molecule has 0 amide bonds. The van der Waals surface area contributed by atoms with E-state index in [4.69, 9.17) is 5.11 Å². The predicted molar refractivity (Wildman–Crippen MR) is 67.2 cm³/mol. The highest BCUT2D eigenvalue weighted by Gasteiger charge is 2.10. The fourth-order valence-electron chi connectivity index (χ4n) is 1.45. The molecule has 1 aromatic heterocycles. The number of aromatic nitrogens is 1. The van der Waals surface area contributed by atoms with Gasteiger partial charge < -0.3 is 5.11 Å². The molecular formula is C13H10FNO2S. The smallest absolute Gasteiger partial charge is 0.338 e. The molecule has 0 bridgehead atoms. The Kier molecular flexibility index (Phi) is 3.94. The molecule has 0 radical (unpaired) electrons. The molecule has 1 N–H and O–H groups in total. The van der Waals surface area contributed by atoms with E-state index in [1.807, 2.05) is 0 Å². The summed E-state index contributed by atoms with van der Waals surface area (Å²) < 4.78 is 13.0. The van der Waals surface area contributed by atoms with Gasteiger partial charge in [0.1, 0.15) is 10.8 Å². The Hall–Kier alpha value is -1.88. The second kappa shape index (κ2) is 5.64. The van der Waals surface area contributed by atoms with Crippen LogP contribution in [0.3, 0.4) is 0 Å². The SMILES string of the molecule is O=C(O)c1cccnc1SCc1cccc(F)c1. The highest BCUT2D eigenvalue weighted by molar-refractivity contribution is 7.98. The van der Waals surface area contributed by atoms with Crippen molar-refractivity contribution in [3.05, 3.63) is 59.5 Å². The Balaban J connectivity index is 2.13. The number of aromatic carboxylic acids is 1. The van der Waals surface area contributed by atoms with Gasteiger partial charge in [0.15, 0.2) is 0 Å². The normalized spacial score (nSPS) is 10.3. The number of hydrogen-bond donors (Lipinski definition) is 1. The number of benzene rings is 1. The Morgan fingerprint density at radius 2 is 2.17 bits per heavy atom. The molecule has 1 aromatic carbocycles. The number of halogens is 1. The zero-order valence-electron chi connectivity index (χ0n) is 9.34. The Morgan fingerprint density at radius 3 is 2.89 bits per heavy atom. The summed E-state index contributed by atoms with van der Waals surface area (Å²) in [6.07, 6.45) is 1.54. The molecule has 0 unspecified atom stereocenters. The Bertz CT molecular complexity index is 574. The zero-order chi connectivity index (χ0) is 13.0. The third-order valence-electron chi connectivity index (χ3n) is 2.27. The summed E-state index contributed by atoms with van der Waals surface area (Å²) in [4.78, 5) is 15.0. The first kappa shape index (κ1) is 12.6. The summed E-state index contributed by atoms with van der Waals surface area (Å²) in [6.45, 7) is 0. The van der Waals surface area contributed by atoms with E-state index in [0.717, 1.165) is 5.56 Å².